The molecule has 0 bridgehead atoms. The van der Waals surface area contributed by atoms with E-state index in [9.17, 15) is 0 Å². The lowest BCUT2D eigenvalue weighted by atomic mass is 10.00. The molecule has 1 aromatic carbocycles. The Labute approximate surface area is 111 Å². The highest BCUT2D eigenvalue weighted by Gasteiger charge is 2.19. The highest BCUT2D eigenvalue weighted by molar-refractivity contribution is 7.09. The summed E-state index contributed by atoms with van der Waals surface area (Å²) in [5.41, 5.74) is 10.7. The topological polar surface area (TPSA) is 42.1 Å². The van der Waals surface area contributed by atoms with E-state index in [0.717, 1.165) is 30.9 Å². The van der Waals surface area contributed by atoms with Gasteiger partial charge in [0.1, 0.15) is 5.01 Å². The van der Waals surface area contributed by atoms with Gasteiger partial charge in [0.05, 0.1) is 6.54 Å². The maximum absolute atomic E-state index is 6.06. The summed E-state index contributed by atoms with van der Waals surface area (Å²) in [4.78, 5) is 6.94. The molecule has 2 N–H and O–H groups in total. The van der Waals surface area contributed by atoms with Crippen LogP contribution < -0.4 is 10.6 Å². The maximum atomic E-state index is 6.06. The van der Waals surface area contributed by atoms with Crippen LogP contribution >= 0.6 is 11.3 Å². The van der Waals surface area contributed by atoms with Crippen molar-refractivity contribution < 1.29 is 0 Å². The van der Waals surface area contributed by atoms with Crippen LogP contribution in [0.2, 0.25) is 0 Å². The molecule has 0 radical (unpaired) electrons. The number of aromatic nitrogens is 1. The second kappa shape index (κ2) is 4.61. The molecule has 0 saturated carbocycles. The number of hydrogen-bond donors (Lipinski definition) is 1. The highest BCUT2D eigenvalue weighted by atomic mass is 32.1. The largest absolute Gasteiger partial charge is 0.398 e. The van der Waals surface area contributed by atoms with Crippen LogP contribution in [0.5, 0.6) is 0 Å². The van der Waals surface area contributed by atoms with Crippen molar-refractivity contribution in [1.82, 2.24) is 4.98 Å². The molecule has 0 amide bonds. The number of hydrogen-bond acceptors (Lipinski definition) is 4. The van der Waals surface area contributed by atoms with Crippen molar-refractivity contribution >= 4 is 22.7 Å². The molecule has 0 aliphatic carbocycles. The van der Waals surface area contributed by atoms with Crippen molar-refractivity contribution in [2.24, 2.45) is 0 Å². The van der Waals surface area contributed by atoms with Crippen molar-refractivity contribution in [3.8, 4) is 0 Å². The van der Waals surface area contributed by atoms with E-state index in [1.807, 2.05) is 19.1 Å². The summed E-state index contributed by atoms with van der Waals surface area (Å²) >= 11 is 1.74. The van der Waals surface area contributed by atoms with E-state index in [2.05, 4.69) is 21.3 Å². The first-order valence-corrected chi connectivity index (χ1v) is 7.15. The number of anilines is 2. The van der Waals surface area contributed by atoms with Crippen molar-refractivity contribution in [1.29, 1.82) is 0 Å². The van der Waals surface area contributed by atoms with Gasteiger partial charge in [0.25, 0.3) is 0 Å². The monoisotopic (exact) mass is 259 g/mol. The second-order valence-corrected chi connectivity index (χ2v) is 5.70. The number of aryl methyl sites for hydroxylation is 1. The first-order chi connectivity index (χ1) is 8.74. The van der Waals surface area contributed by atoms with Gasteiger partial charge < -0.3 is 10.6 Å². The van der Waals surface area contributed by atoms with E-state index in [-0.39, 0.29) is 0 Å². The molecule has 0 fully saturated rings. The Morgan fingerprint density at radius 1 is 1.44 bits per heavy atom. The van der Waals surface area contributed by atoms with Gasteiger partial charge in [-0.3, -0.25) is 0 Å². The lowest BCUT2D eigenvalue weighted by Crippen LogP contribution is -2.29. The zero-order valence-corrected chi connectivity index (χ0v) is 11.3. The zero-order valence-electron chi connectivity index (χ0n) is 10.5. The van der Waals surface area contributed by atoms with E-state index in [4.69, 9.17) is 5.73 Å². The predicted octanol–water partition coefficient (Wildman–Crippen LogP) is 2.99. The van der Waals surface area contributed by atoms with Gasteiger partial charge in [-0.15, -0.1) is 11.3 Å². The minimum absolute atomic E-state index is 0.898. The van der Waals surface area contributed by atoms with E-state index in [0.29, 0.717) is 0 Å². The van der Waals surface area contributed by atoms with Crippen LogP contribution in [0.25, 0.3) is 0 Å². The van der Waals surface area contributed by atoms with Crippen LogP contribution in [0.15, 0.2) is 23.6 Å². The summed E-state index contributed by atoms with van der Waals surface area (Å²) < 4.78 is 0. The Morgan fingerprint density at radius 2 is 2.33 bits per heavy atom. The zero-order chi connectivity index (χ0) is 12.5. The van der Waals surface area contributed by atoms with E-state index in [1.165, 1.54) is 22.7 Å². The Balaban J connectivity index is 1.89. The molecule has 1 aliphatic rings. The SMILES string of the molecule is Cc1csc(CN2CCCc3c(N)cccc32)n1. The maximum Gasteiger partial charge on any atom is 0.112 e. The molecule has 0 spiro atoms. The molecule has 3 nitrogen and oxygen atoms in total. The molecule has 1 aromatic heterocycles. The Morgan fingerprint density at radius 3 is 3.11 bits per heavy atom. The third kappa shape index (κ3) is 2.08. The van der Waals surface area contributed by atoms with Crippen LogP contribution in [0, 0.1) is 6.92 Å². The van der Waals surface area contributed by atoms with Crippen molar-refractivity contribution in [3.05, 3.63) is 39.8 Å². The number of benzene rings is 1. The first kappa shape index (κ1) is 11.5. The summed E-state index contributed by atoms with van der Waals surface area (Å²) in [7, 11) is 0. The normalized spacial score (nSPS) is 14.6. The van der Waals surface area contributed by atoms with Crippen molar-refractivity contribution in [3.63, 3.8) is 0 Å². The average molecular weight is 259 g/mol. The number of nitrogens with two attached hydrogens (primary N) is 1. The summed E-state index contributed by atoms with van der Waals surface area (Å²) in [5, 5.41) is 3.29. The molecule has 0 saturated heterocycles. The second-order valence-electron chi connectivity index (χ2n) is 4.75. The Kier molecular flexibility index (Phi) is 2.96. The Bertz CT molecular complexity index is 562. The van der Waals surface area contributed by atoms with Gasteiger partial charge in [-0.1, -0.05) is 6.07 Å². The summed E-state index contributed by atoms with van der Waals surface area (Å²) in [6.45, 7) is 4.03. The van der Waals surface area contributed by atoms with Crippen LogP contribution in [0.1, 0.15) is 22.7 Å². The molecule has 4 heteroatoms. The number of fused-ring (bicyclic) bond motifs is 1. The molecule has 94 valence electrons. The average Bonchev–Trinajstić information content (AvgIpc) is 2.76. The van der Waals surface area contributed by atoms with E-state index in [1.54, 1.807) is 11.3 Å². The smallest absolute Gasteiger partial charge is 0.112 e. The number of nitrogens with zero attached hydrogens (tertiary/aromatic N) is 2. The first-order valence-electron chi connectivity index (χ1n) is 6.27. The van der Waals surface area contributed by atoms with Crippen molar-refractivity contribution in [2.75, 3.05) is 17.2 Å². The fourth-order valence-corrected chi connectivity index (χ4v) is 3.32. The minimum Gasteiger partial charge on any atom is -0.398 e. The predicted molar refractivity (Wildman–Crippen MR) is 77.1 cm³/mol. The standard InChI is InChI=1S/C14H17N3S/c1-10-9-18-14(16-10)8-17-7-3-4-11-12(15)5-2-6-13(11)17/h2,5-6,9H,3-4,7-8,15H2,1H3. The van der Waals surface area contributed by atoms with E-state index < -0.39 is 0 Å². The summed E-state index contributed by atoms with van der Waals surface area (Å²) in [6.07, 6.45) is 2.26. The summed E-state index contributed by atoms with van der Waals surface area (Å²) in [6, 6.07) is 6.21. The van der Waals surface area contributed by atoms with Crippen LogP contribution in [0.4, 0.5) is 11.4 Å². The van der Waals surface area contributed by atoms with Crippen LogP contribution in [0.3, 0.4) is 0 Å². The van der Waals surface area contributed by atoms with Gasteiger partial charge in [0.2, 0.25) is 0 Å². The highest BCUT2D eigenvalue weighted by Crippen LogP contribution is 2.32. The lowest BCUT2D eigenvalue weighted by molar-refractivity contribution is 0.690. The molecule has 0 atom stereocenters. The van der Waals surface area contributed by atoms with Gasteiger partial charge in [-0.25, -0.2) is 4.98 Å². The van der Waals surface area contributed by atoms with Gasteiger partial charge in [-0.05, 0) is 37.5 Å². The fraction of sp³-hybridized carbons (Fsp3) is 0.357. The molecule has 18 heavy (non-hydrogen) atoms. The van der Waals surface area contributed by atoms with Crippen LogP contribution in [-0.4, -0.2) is 11.5 Å². The molecular formula is C14H17N3S. The molecule has 2 heterocycles. The third-order valence-electron chi connectivity index (χ3n) is 3.38. The summed E-state index contributed by atoms with van der Waals surface area (Å²) in [5.74, 6) is 0. The van der Waals surface area contributed by atoms with E-state index >= 15 is 0 Å². The fourth-order valence-electron chi connectivity index (χ4n) is 2.53. The molecule has 1 aliphatic heterocycles. The van der Waals surface area contributed by atoms with Gasteiger partial charge in [0.15, 0.2) is 0 Å². The van der Waals surface area contributed by atoms with Crippen molar-refractivity contribution in [2.45, 2.75) is 26.3 Å². The number of nitrogen functional groups attached to an aromatic ring is 1. The van der Waals surface area contributed by atoms with Gasteiger partial charge in [-0.2, -0.15) is 0 Å². The molecule has 2 aromatic rings. The van der Waals surface area contributed by atoms with Gasteiger partial charge in [0, 0.05) is 29.0 Å². The molecular weight excluding hydrogens is 242 g/mol. The number of rotatable bonds is 2. The molecule has 3 rings (SSSR count). The third-order valence-corrected chi connectivity index (χ3v) is 4.33. The number of thiazole rings is 1. The lowest BCUT2D eigenvalue weighted by Gasteiger charge is -2.31. The van der Waals surface area contributed by atoms with Gasteiger partial charge >= 0.3 is 0 Å². The quantitative estimate of drug-likeness (QED) is 0.843. The minimum atomic E-state index is 0.898. The molecule has 0 unspecified atom stereocenters. The van der Waals surface area contributed by atoms with Crippen LogP contribution in [-0.2, 0) is 13.0 Å². The Hall–Kier alpha value is -1.55.